The average molecular weight is 250 g/mol. The van der Waals surface area contributed by atoms with Gasteiger partial charge in [0.25, 0.3) is 0 Å². The summed E-state index contributed by atoms with van der Waals surface area (Å²) in [4.78, 5) is 12.9. The van der Waals surface area contributed by atoms with E-state index in [2.05, 4.69) is 6.07 Å². The Morgan fingerprint density at radius 3 is 2.39 bits per heavy atom. The molecule has 1 rings (SSSR count). The zero-order chi connectivity index (χ0) is 13.7. The maximum absolute atomic E-state index is 11.0. The highest BCUT2D eigenvalue weighted by molar-refractivity contribution is 5.79. The molecule has 18 heavy (non-hydrogen) atoms. The Hall–Kier alpha value is -1.55. The van der Waals surface area contributed by atoms with E-state index in [1.807, 2.05) is 37.9 Å². The summed E-state index contributed by atoms with van der Waals surface area (Å²) in [6.07, 6.45) is 0. The van der Waals surface area contributed by atoms with Crippen molar-refractivity contribution in [3.05, 3.63) is 29.3 Å². The molecule has 100 valence electrons. The standard InChI is InChI=1S/C14H22N2O2/c1-10-7-11(2)9-13(8-10)18-6-5-16(4)12(3)14(15)17/h7-9,12H,5-6H2,1-4H3,(H2,15,17)/t12-/m1/s1. The van der Waals surface area contributed by atoms with Gasteiger partial charge in [-0.1, -0.05) is 6.07 Å². The molecule has 1 aromatic rings. The van der Waals surface area contributed by atoms with Crippen molar-refractivity contribution in [2.24, 2.45) is 5.73 Å². The Labute approximate surface area is 109 Å². The highest BCUT2D eigenvalue weighted by atomic mass is 16.5. The van der Waals surface area contributed by atoms with Crippen LogP contribution in [0.2, 0.25) is 0 Å². The lowest BCUT2D eigenvalue weighted by molar-refractivity contribution is -0.122. The van der Waals surface area contributed by atoms with Gasteiger partial charge in [0.1, 0.15) is 12.4 Å². The third-order valence-electron chi connectivity index (χ3n) is 2.98. The number of amides is 1. The van der Waals surface area contributed by atoms with Crippen LogP contribution in [-0.4, -0.2) is 37.0 Å². The molecule has 0 unspecified atom stereocenters. The van der Waals surface area contributed by atoms with Gasteiger partial charge in [0, 0.05) is 6.54 Å². The summed E-state index contributed by atoms with van der Waals surface area (Å²) in [5.74, 6) is 0.552. The monoisotopic (exact) mass is 250 g/mol. The highest BCUT2D eigenvalue weighted by Gasteiger charge is 2.14. The first-order valence-electron chi connectivity index (χ1n) is 6.11. The molecule has 0 saturated heterocycles. The summed E-state index contributed by atoms with van der Waals surface area (Å²) in [5, 5.41) is 0. The van der Waals surface area contributed by atoms with Gasteiger partial charge in [0.15, 0.2) is 0 Å². The van der Waals surface area contributed by atoms with Gasteiger partial charge in [-0.2, -0.15) is 0 Å². The summed E-state index contributed by atoms with van der Waals surface area (Å²) in [6, 6.07) is 5.84. The number of primary amides is 1. The van der Waals surface area contributed by atoms with Crippen molar-refractivity contribution in [3.8, 4) is 5.75 Å². The van der Waals surface area contributed by atoms with Crippen molar-refractivity contribution < 1.29 is 9.53 Å². The van der Waals surface area contributed by atoms with Crippen LogP contribution in [0.1, 0.15) is 18.1 Å². The molecule has 1 aromatic carbocycles. The Kier molecular flexibility index (Phi) is 5.16. The lowest BCUT2D eigenvalue weighted by Crippen LogP contribution is -2.42. The molecule has 0 aliphatic heterocycles. The van der Waals surface area contributed by atoms with Crippen LogP contribution in [0.5, 0.6) is 5.75 Å². The molecule has 0 aromatic heterocycles. The molecule has 1 amide bonds. The molecule has 1 atom stereocenters. The van der Waals surface area contributed by atoms with E-state index in [-0.39, 0.29) is 11.9 Å². The molecule has 0 radical (unpaired) electrons. The third kappa shape index (κ3) is 4.37. The minimum absolute atomic E-state index is 0.271. The smallest absolute Gasteiger partial charge is 0.234 e. The van der Waals surface area contributed by atoms with Crippen LogP contribution in [0.4, 0.5) is 0 Å². The average Bonchev–Trinajstić information content (AvgIpc) is 2.26. The van der Waals surface area contributed by atoms with Crippen LogP contribution < -0.4 is 10.5 Å². The fourth-order valence-corrected chi connectivity index (χ4v) is 1.73. The second-order valence-electron chi connectivity index (χ2n) is 4.73. The number of likely N-dealkylation sites (N-methyl/N-ethyl adjacent to an activating group) is 1. The molecule has 2 N–H and O–H groups in total. The first-order valence-corrected chi connectivity index (χ1v) is 6.11. The van der Waals surface area contributed by atoms with Crippen LogP contribution in [-0.2, 0) is 4.79 Å². The van der Waals surface area contributed by atoms with E-state index in [1.54, 1.807) is 6.92 Å². The highest BCUT2D eigenvalue weighted by Crippen LogP contribution is 2.16. The van der Waals surface area contributed by atoms with E-state index in [9.17, 15) is 4.79 Å². The van der Waals surface area contributed by atoms with Gasteiger partial charge in [-0.3, -0.25) is 9.69 Å². The van der Waals surface area contributed by atoms with Crippen LogP contribution in [0.3, 0.4) is 0 Å². The minimum atomic E-state index is -0.316. The molecule has 0 spiro atoms. The quantitative estimate of drug-likeness (QED) is 0.832. The van der Waals surface area contributed by atoms with E-state index in [0.717, 1.165) is 5.75 Å². The first-order chi connectivity index (χ1) is 8.40. The number of aryl methyl sites for hydroxylation is 2. The van der Waals surface area contributed by atoms with Crippen molar-refractivity contribution in [2.75, 3.05) is 20.2 Å². The Morgan fingerprint density at radius 1 is 1.33 bits per heavy atom. The van der Waals surface area contributed by atoms with Crippen LogP contribution in [0.25, 0.3) is 0 Å². The van der Waals surface area contributed by atoms with Gasteiger partial charge < -0.3 is 10.5 Å². The molecular formula is C14H22N2O2. The molecule has 0 heterocycles. The van der Waals surface area contributed by atoms with Gasteiger partial charge in [-0.25, -0.2) is 0 Å². The van der Waals surface area contributed by atoms with Crippen molar-refractivity contribution in [2.45, 2.75) is 26.8 Å². The maximum Gasteiger partial charge on any atom is 0.234 e. The number of carbonyl (C=O) groups is 1. The van der Waals surface area contributed by atoms with Crippen LogP contribution >= 0.6 is 0 Å². The number of nitrogens with two attached hydrogens (primary N) is 1. The van der Waals surface area contributed by atoms with Gasteiger partial charge in [-0.15, -0.1) is 0 Å². The summed E-state index contributed by atoms with van der Waals surface area (Å²) in [7, 11) is 1.86. The van der Waals surface area contributed by atoms with E-state index in [1.165, 1.54) is 11.1 Å². The van der Waals surface area contributed by atoms with E-state index in [4.69, 9.17) is 10.5 Å². The van der Waals surface area contributed by atoms with E-state index >= 15 is 0 Å². The Bertz CT molecular complexity index is 398. The fourth-order valence-electron chi connectivity index (χ4n) is 1.73. The number of ether oxygens (including phenoxy) is 1. The molecule has 0 bridgehead atoms. The number of carbonyl (C=O) groups excluding carboxylic acids is 1. The lowest BCUT2D eigenvalue weighted by Gasteiger charge is -2.21. The van der Waals surface area contributed by atoms with Gasteiger partial charge in [0.2, 0.25) is 5.91 Å². The molecule has 0 fully saturated rings. The van der Waals surface area contributed by atoms with Crippen molar-refractivity contribution in [3.63, 3.8) is 0 Å². The van der Waals surface area contributed by atoms with Crippen molar-refractivity contribution in [1.82, 2.24) is 4.90 Å². The number of nitrogens with zero attached hydrogens (tertiary/aromatic N) is 1. The predicted octanol–water partition coefficient (Wildman–Crippen LogP) is 1.49. The Morgan fingerprint density at radius 2 is 1.89 bits per heavy atom. The minimum Gasteiger partial charge on any atom is -0.492 e. The molecular weight excluding hydrogens is 228 g/mol. The SMILES string of the molecule is Cc1cc(C)cc(OCCN(C)[C@H](C)C(N)=O)c1. The second-order valence-corrected chi connectivity index (χ2v) is 4.73. The maximum atomic E-state index is 11.0. The summed E-state index contributed by atoms with van der Waals surface area (Å²) < 4.78 is 5.67. The topological polar surface area (TPSA) is 55.6 Å². The number of hydrogen-bond donors (Lipinski definition) is 1. The molecule has 0 saturated carbocycles. The Balaban J connectivity index is 2.44. The zero-order valence-electron chi connectivity index (χ0n) is 11.6. The fraction of sp³-hybridized carbons (Fsp3) is 0.500. The van der Waals surface area contributed by atoms with Crippen molar-refractivity contribution in [1.29, 1.82) is 0 Å². The number of benzene rings is 1. The van der Waals surface area contributed by atoms with E-state index < -0.39 is 0 Å². The first kappa shape index (κ1) is 14.5. The molecule has 4 heteroatoms. The normalized spacial score (nSPS) is 12.5. The predicted molar refractivity (Wildman–Crippen MR) is 72.7 cm³/mol. The largest absolute Gasteiger partial charge is 0.492 e. The number of hydrogen-bond acceptors (Lipinski definition) is 3. The number of rotatable bonds is 6. The summed E-state index contributed by atoms with van der Waals surface area (Å²) in [6.45, 7) is 7.08. The second kappa shape index (κ2) is 6.40. The summed E-state index contributed by atoms with van der Waals surface area (Å²) in [5.41, 5.74) is 7.61. The molecule has 4 nitrogen and oxygen atoms in total. The van der Waals surface area contributed by atoms with Crippen molar-refractivity contribution >= 4 is 5.91 Å². The van der Waals surface area contributed by atoms with Gasteiger partial charge in [-0.05, 0) is 51.1 Å². The summed E-state index contributed by atoms with van der Waals surface area (Å²) >= 11 is 0. The molecule has 0 aliphatic carbocycles. The lowest BCUT2D eigenvalue weighted by atomic mass is 10.1. The third-order valence-corrected chi connectivity index (χ3v) is 2.98. The zero-order valence-corrected chi connectivity index (χ0v) is 11.6. The molecule has 0 aliphatic rings. The van der Waals surface area contributed by atoms with Gasteiger partial charge in [0.05, 0.1) is 6.04 Å². The van der Waals surface area contributed by atoms with E-state index in [0.29, 0.717) is 13.2 Å². The van der Waals surface area contributed by atoms with Crippen LogP contribution in [0, 0.1) is 13.8 Å². The van der Waals surface area contributed by atoms with Gasteiger partial charge >= 0.3 is 0 Å². The van der Waals surface area contributed by atoms with Crippen LogP contribution in [0.15, 0.2) is 18.2 Å².